The zero-order chi connectivity index (χ0) is 18.9. The van der Waals surface area contributed by atoms with Crippen molar-refractivity contribution in [2.75, 3.05) is 7.11 Å². The molecule has 0 aromatic heterocycles. The molecule has 2 aromatic rings. The van der Waals surface area contributed by atoms with E-state index in [2.05, 4.69) is 29.2 Å². The Morgan fingerprint density at radius 2 is 1.78 bits per heavy atom. The lowest BCUT2D eigenvalue weighted by Crippen LogP contribution is -2.58. The summed E-state index contributed by atoms with van der Waals surface area (Å²) in [5, 5.41) is 11.4. The van der Waals surface area contributed by atoms with Crippen molar-refractivity contribution in [1.29, 1.82) is 0 Å². The van der Waals surface area contributed by atoms with Gasteiger partial charge < -0.3 is 9.84 Å². The molecule has 2 aliphatic heterocycles. The average molecular weight is 369 g/mol. The van der Waals surface area contributed by atoms with E-state index in [1.54, 1.807) is 6.07 Å². The molecule has 2 heterocycles. The standard InChI is InChI=1S/C23H28FNO2/c1-27-22-11-10-18(12-21(22)24)13-23(26)14-19-8-5-9-20(15-23)25(19)16-17-6-3-2-4-7-17/h2-4,6-7,10-12,19-20,26H,5,8-9,13-16H2,1H3. The van der Waals surface area contributed by atoms with Gasteiger partial charge in [-0.1, -0.05) is 42.8 Å². The summed E-state index contributed by atoms with van der Waals surface area (Å²) in [4.78, 5) is 2.59. The van der Waals surface area contributed by atoms with Crippen molar-refractivity contribution in [3.63, 3.8) is 0 Å². The van der Waals surface area contributed by atoms with Gasteiger partial charge in [0.2, 0.25) is 0 Å². The van der Waals surface area contributed by atoms with Gasteiger partial charge in [0.15, 0.2) is 11.6 Å². The van der Waals surface area contributed by atoms with Crippen LogP contribution in [-0.4, -0.2) is 34.8 Å². The highest BCUT2D eigenvalue weighted by atomic mass is 19.1. The fourth-order valence-corrected chi connectivity index (χ4v) is 5.01. The smallest absolute Gasteiger partial charge is 0.165 e. The monoisotopic (exact) mass is 369 g/mol. The van der Waals surface area contributed by atoms with Crippen molar-refractivity contribution in [2.24, 2.45) is 0 Å². The first kappa shape index (κ1) is 18.5. The molecule has 2 aromatic carbocycles. The summed E-state index contributed by atoms with van der Waals surface area (Å²) >= 11 is 0. The summed E-state index contributed by atoms with van der Waals surface area (Å²) in [6, 6.07) is 16.4. The maximum atomic E-state index is 14.0. The number of hydrogen-bond donors (Lipinski definition) is 1. The third kappa shape index (κ3) is 4.02. The number of rotatable bonds is 5. The molecule has 0 spiro atoms. The van der Waals surface area contributed by atoms with Gasteiger partial charge in [0.1, 0.15) is 0 Å². The van der Waals surface area contributed by atoms with Crippen LogP contribution in [0.25, 0.3) is 0 Å². The van der Waals surface area contributed by atoms with Crippen molar-refractivity contribution in [2.45, 2.75) is 62.8 Å². The van der Waals surface area contributed by atoms with E-state index < -0.39 is 5.60 Å². The zero-order valence-corrected chi connectivity index (χ0v) is 15.9. The van der Waals surface area contributed by atoms with Gasteiger partial charge in [-0.15, -0.1) is 0 Å². The molecular formula is C23H28FNO2. The Kier molecular flexibility index (Phi) is 5.20. The molecule has 1 N–H and O–H groups in total. The fourth-order valence-electron chi connectivity index (χ4n) is 5.01. The molecule has 2 bridgehead atoms. The van der Waals surface area contributed by atoms with Crippen LogP contribution in [-0.2, 0) is 13.0 Å². The molecule has 4 heteroatoms. The molecule has 2 fully saturated rings. The number of fused-ring (bicyclic) bond motifs is 2. The topological polar surface area (TPSA) is 32.7 Å². The largest absolute Gasteiger partial charge is 0.494 e. The van der Waals surface area contributed by atoms with Crippen LogP contribution in [0.15, 0.2) is 48.5 Å². The quantitative estimate of drug-likeness (QED) is 0.852. The van der Waals surface area contributed by atoms with E-state index >= 15 is 0 Å². The molecule has 27 heavy (non-hydrogen) atoms. The Balaban J connectivity index is 1.49. The Labute approximate surface area is 160 Å². The molecule has 2 aliphatic rings. The van der Waals surface area contributed by atoms with Crippen molar-refractivity contribution in [1.82, 2.24) is 4.90 Å². The molecule has 144 valence electrons. The van der Waals surface area contributed by atoms with Gasteiger partial charge in [0, 0.05) is 25.0 Å². The molecule has 0 amide bonds. The summed E-state index contributed by atoms with van der Waals surface area (Å²) in [6.45, 7) is 0.948. The van der Waals surface area contributed by atoms with Crippen LogP contribution in [0.1, 0.15) is 43.2 Å². The minimum Gasteiger partial charge on any atom is -0.494 e. The van der Waals surface area contributed by atoms with Crippen molar-refractivity contribution in [3.8, 4) is 5.75 Å². The number of halogens is 1. The lowest BCUT2D eigenvalue weighted by atomic mass is 9.73. The molecule has 0 saturated carbocycles. The van der Waals surface area contributed by atoms with Gasteiger partial charge in [-0.25, -0.2) is 4.39 Å². The predicted molar refractivity (Wildman–Crippen MR) is 104 cm³/mol. The third-order valence-electron chi connectivity index (χ3n) is 6.20. The highest BCUT2D eigenvalue weighted by molar-refractivity contribution is 5.30. The number of benzene rings is 2. The number of ether oxygens (including phenoxy) is 1. The number of nitrogens with zero attached hydrogens (tertiary/aromatic N) is 1. The van der Waals surface area contributed by atoms with Gasteiger partial charge in [0.25, 0.3) is 0 Å². The van der Waals surface area contributed by atoms with E-state index in [1.165, 1.54) is 25.2 Å². The predicted octanol–water partition coefficient (Wildman–Crippen LogP) is 4.33. The molecular weight excluding hydrogens is 341 g/mol. The van der Waals surface area contributed by atoms with Crippen LogP contribution in [0.2, 0.25) is 0 Å². The van der Waals surface area contributed by atoms with Gasteiger partial charge in [-0.2, -0.15) is 0 Å². The average Bonchev–Trinajstić information content (AvgIpc) is 2.64. The van der Waals surface area contributed by atoms with Crippen molar-refractivity contribution >= 4 is 0 Å². The minimum absolute atomic E-state index is 0.250. The fraction of sp³-hybridized carbons (Fsp3) is 0.478. The normalized spacial score (nSPS) is 28.1. The van der Waals surface area contributed by atoms with Crippen LogP contribution >= 0.6 is 0 Å². The molecule has 4 rings (SSSR count). The molecule has 2 unspecified atom stereocenters. The number of methoxy groups -OCH3 is 1. The maximum Gasteiger partial charge on any atom is 0.165 e. The van der Waals surface area contributed by atoms with Gasteiger partial charge >= 0.3 is 0 Å². The van der Waals surface area contributed by atoms with Crippen LogP contribution < -0.4 is 4.74 Å². The summed E-state index contributed by atoms with van der Waals surface area (Å²) in [6.07, 6.45) is 5.49. The third-order valence-corrected chi connectivity index (χ3v) is 6.20. The Bertz CT molecular complexity index is 765. The number of hydrogen-bond acceptors (Lipinski definition) is 3. The first-order chi connectivity index (χ1) is 13.1. The summed E-state index contributed by atoms with van der Waals surface area (Å²) in [5.74, 6) is -0.111. The van der Waals surface area contributed by atoms with Crippen molar-refractivity contribution in [3.05, 3.63) is 65.5 Å². The Morgan fingerprint density at radius 1 is 1.07 bits per heavy atom. The summed E-state index contributed by atoms with van der Waals surface area (Å²) in [5.41, 5.74) is 1.41. The second-order valence-corrected chi connectivity index (χ2v) is 8.17. The van der Waals surface area contributed by atoms with E-state index in [-0.39, 0.29) is 11.6 Å². The van der Waals surface area contributed by atoms with Crippen LogP contribution in [0.5, 0.6) is 5.75 Å². The SMILES string of the molecule is COc1ccc(CC2(O)CC3CCCC(C2)N3Cc2ccccc2)cc1F. The first-order valence-corrected chi connectivity index (χ1v) is 9.91. The molecule has 0 radical (unpaired) electrons. The number of aliphatic hydroxyl groups is 1. The molecule has 2 saturated heterocycles. The highest BCUT2D eigenvalue weighted by Gasteiger charge is 2.45. The second-order valence-electron chi connectivity index (χ2n) is 8.17. The lowest BCUT2D eigenvalue weighted by molar-refractivity contribution is -0.0946. The summed E-state index contributed by atoms with van der Waals surface area (Å²) < 4.78 is 19.1. The molecule has 0 aliphatic carbocycles. The van der Waals surface area contributed by atoms with Gasteiger partial charge in [0.05, 0.1) is 12.7 Å². The van der Waals surface area contributed by atoms with E-state index in [1.807, 2.05) is 12.1 Å². The molecule has 3 nitrogen and oxygen atoms in total. The van der Waals surface area contributed by atoms with Crippen LogP contribution in [0, 0.1) is 5.82 Å². The lowest BCUT2D eigenvalue weighted by Gasteiger charge is -2.52. The zero-order valence-electron chi connectivity index (χ0n) is 15.9. The minimum atomic E-state index is -0.760. The summed E-state index contributed by atoms with van der Waals surface area (Å²) in [7, 11) is 1.47. The Hall–Kier alpha value is -1.91. The van der Waals surface area contributed by atoms with Crippen LogP contribution in [0.4, 0.5) is 4.39 Å². The number of piperidine rings is 2. The van der Waals surface area contributed by atoms with Gasteiger partial charge in [-0.05, 0) is 48.9 Å². The first-order valence-electron chi connectivity index (χ1n) is 9.91. The van der Waals surface area contributed by atoms with E-state index in [0.717, 1.165) is 37.8 Å². The van der Waals surface area contributed by atoms with Crippen molar-refractivity contribution < 1.29 is 14.2 Å². The Morgan fingerprint density at radius 3 is 2.41 bits per heavy atom. The van der Waals surface area contributed by atoms with Crippen LogP contribution in [0.3, 0.4) is 0 Å². The highest BCUT2D eigenvalue weighted by Crippen LogP contribution is 2.41. The van der Waals surface area contributed by atoms with Gasteiger partial charge in [-0.3, -0.25) is 4.90 Å². The molecule has 2 atom stereocenters. The van der Waals surface area contributed by atoms with E-state index in [4.69, 9.17) is 4.74 Å². The maximum absolute atomic E-state index is 14.0. The van der Waals surface area contributed by atoms with E-state index in [0.29, 0.717) is 18.5 Å². The second kappa shape index (κ2) is 7.61. The van der Waals surface area contributed by atoms with E-state index in [9.17, 15) is 9.50 Å².